The second-order valence-electron chi connectivity index (χ2n) is 4.39. The average Bonchev–Trinajstić information content (AvgIpc) is 2.68. The van der Waals surface area contributed by atoms with E-state index in [-0.39, 0.29) is 23.5 Å². The molecular formula is C12H12FNO5S. The van der Waals surface area contributed by atoms with Gasteiger partial charge in [-0.25, -0.2) is 17.6 Å². The number of nitrogens with one attached hydrogen (secondary N) is 1. The number of halogens is 1. The third-order valence-corrected chi connectivity index (χ3v) is 4.50. The van der Waals surface area contributed by atoms with Crippen LogP contribution in [-0.2, 0) is 14.6 Å². The van der Waals surface area contributed by atoms with Crippen LogP contribution in [0, 0.1) is 5.82 Å². The van der Waals surface area contributed by atoms with Crippen LogP contribution in [0.4, 0.5) is 9.18 Å². The molecule has 8 heteroatoms. The smallest absolute Gasteiger partial charge is 0.414 e. The summed E-state index contributed by atoms with van der Waals surface area (Å²) in [5, 5.41) is 1.92. The molecule has 0 bridgehead atoms. The molecule has 20 heavy (non-hydrogen) atoms. The monoisotopic (exact) mass is 301 g/mol. The van der Waals surface area contributed by atoms with Crippen molar-refractivity contribution in [3.05, 3.63) is 35.6 Å². The Hall–Kier alpha value is -1.96. The predicted octanol–water partition coefficient (Wildman–Crippen LogP) is 0.879. The second-order valence-corrected chi connectivity index (χ2v) is 6.62. The fraction of sp³-hybridized carbons (Fsp3) is 0.333. The number of imide groups is 1. The Kier molecular flexibility index (Phi) is 4.03. The van der Waals surface area contributed by atoms with Gasteiger partial charge in [0.1, 0.15) is 11.9 Å². The minimum Gasteiger partial charge on any atom is -0.445 e. The Morgan fingerprint density at radius 2 is 2.10 bits per heavy atom. The fourth-order valence-electron chi connectivity index (χ4n) is 1.83. The van der Waals surface area contributed by atoms with Gasteiger partial charge in [-0.15, -0.1) is 0 Å². The predicted molar refractivity (Wildman–Crippen MR) is 67.4 cm³/mol. The summed E-state index contributed by atoms with van der Waals surface area (Å²) in [6.07, 6.45) is -1.58. The molecule has 1 heterocycles. The number of hydrogen-bond donors (Lipinski definition) is 1. The van der Waals surface area contributed by atoms with Crippen molar-refractivity contribution in [3.63, 3.8) is 0 Å². The summed E-state index contributed by atoms with van der Waals surface area (Å²) in [5.41, 5.74) is -0.0269. The van der Waals surface area contributed by atoms with E-state index in [0.717, 1.165) is 6.07 Å². The first-order valence-corrected chi connectivity index (χ1v) is 7.66. The molecule has 1 N–H and O–H groups in total. The van der Waals surface area contributed by atoms with E-state index < -0.39 is 33.8 Å². The number of hydrogen-bond acceptors (Lipinski definition) is 5. The van der Waals surface area contributed by atoms with Crippen molar-refractivity contribution in [2.75, 3.05) is 11.5 Å². The molecule has 0 saturated carbocycles. The molecule has 1 atom stereocenters. The zero-order valence-electron chi connectivity index (χ0n) is 10.3. The van der Waals surface area contributed by atoms with Gasteiger partial charge in [0.25, 0.3) is 5.91 Å². The van der Waals surface area contributed by atoms with Crippen LogP contribution in [-0.4, -0.2) is 38.0 Å². The van der Waals surface area contributed by atoms with E-state index in [1.54, 1.807) is 0 Å². The first kappa shape index (κ1) is 14.4. The molecule has 0 unspecified atom stereocenters. The van der Waals surface area contributed by atoms with Crippen molar-refractivity contribution in [2.24, 2.45) is 0 Å². The van der Waals surface area contributed by atoms with E-state index in [4.69, 9.17) is 4.74 Å². The largest absolute Gasteiger partial charge is 0.445 e. The van der Waals surface area contributed by atoms with Gasteiger partial charge in [0.05, 0.1) is 11.5 Å². The van der Waals surface area contributed by atoms with Gasteiger partial charge in [0, 0.05) is 5.56 Å². The van der Waals surface area contributed by atoms with Crippen molar-refractivity contribution >= 4 is 21.8 Å². The van der Waals surface area contributed by atoms with Gasteiger partial charge in [0.15, 0.2) is 9.84 Å². The molecule has 1 saturated heterocycles. The number of benzene rings is 1. The van der Waals surface area contributed by atoms with Crippen LogP contribution in [0.5, 0.6) is 0 Å². The summed E-state index contributed by atoms with van der Waals surface area (Å²) in [4.78, 5) is 23.0. The van der Waals surface area contributed by atoms with Crippen LogP contribution >= 0.6 is 0 Å². The van der Waals surface area contributed by atoms with Crippen LogP contribution in [0.1, 0.15) is 16.8 Å². The maximum absolute atomic E-state index is 12.9. The van der Waals surface area contributed by atoms with Crippen molar-refractivity contribution in [3.8, 4) is 0 Å². The number of carbonyl (C=O) groups excluding carboxylic acids is 2. The third-order valence-electron chi connectivity index (χ3n) is 2.77. The van der Waals surface area contributed by atoms with Crippen LogP contribution < -0.4 is 5.32 Å². The summed E-state index contributed by atoms with van der Waals surface area (Å²) in [5.74, 6) is -1.69. The van der Waals surface area contributed by atoms with E-state index in [9.17, 15) is 22.4 Å². The SMILES string of the molecule is O=C(NC(=O)c1cccc(F)c1)O[C@@H]1CCS(=O)(=O)C1. The third kappa shape index (κ3) is 3.77. The Morgan fingerprint density at radius 1 is 1.35 bits per heavy atom. The van der Waals surface area contributed by atoms with Crippen LogP contribution in [0.15, 0.2) is 24.3 Å². The summed E-state index contributed by atoms with van der Waals surface area (Å²) >= 11 is 0. The number of ether oxygens (including phenoxy) is 1. The van der Waals surface area contributed by atoms with E-state index in [2.05, 4.69) is 0 Å². The molecule has 1 fully saturated rings. The Bertz CT molecular complexity index is 643. The summed E-state index contributed by atoms with van der Waals surface area (Å²) < 4.78 is 40.1. The number of amides is 2. The van der Waals surface area contributed by atoms with Crippen LogP contribution in [0.25, 0.3) is 0 Å². The minimum absolute atomic E-state index is 0.0269. The average molecular weight is 301 g/mol. The number of carbonyl (C=O) groups is 2. The molecule has 2 amide bonds. The maximum atomic E-state index is 12.9. The molecule has 1 aromatic carbocycles. The summed E-state index contributed by atoms with van der Waals surface area (Å²) in [7, 11) is -3.17. The van der Waals surface area contributed by atoms with E-state index in [1.807, 2.05) is 5.32 Å². The highest BCUT2D eigenvalue weighted by molar-refractivity contribution is 7.91. The molecule has 1 aliphatic heterocycles. The zero-order chi connectivity index (χ0) is 14.8. The second kappa shape index (κ2) is 5.58. The van der Waals surface area contributed by atoms with Gasteiger partial charge in [-0.1, -0.05) is 6.07 Å². The summed E-state index contributed by atoms with van der Waals surface area (Å²) in [6.45, 7) is 0. The van der Waals surface area contributed by atoms with E-state index >= 15 is 0 Å². The fourth-order valence-corrected chi connectivity index (χ4v) is 3.42. The number of rotatable bonds is 2. The molecule has 0 aromatic heterocycles. The lowest BCUT2D eigenvalue weighted by molar-refractivity contribution is 0.0862. The zero-order valence-corrected chi connectivity index (χ0v) is 11.2. The highest BCUT2D eigenvalue weighted by Gasteiger charge is 2.31. The first-order valence-electron chi connectivity index (χ1n) is 5.84. The van der Waals surface area contributed by atoms with Crippen LogP contribution in [0.3, 0.4) is 0 Å². The standard InChI is InChI=1S/C12H12FNO5S/c13-9-3-1-2-8(6-9)11(15)14-12(16)19-10-4-5-20(17,18)7-10/h1-3,6,10H,4-5,7H2,(H,14,15,16)/t10-/m1/s1. The molecule has 1 aromatic rings. The Labute approximate surface area is 114 Å². The first-order chi connectivity index (χ1) is 9.35. The summed E-state index contributed by atoms with van der Waals surface area (Å²) in [6, 6.07) is 4.81. The lowest BCUT2D eigenvalue weighted by atomic mass is 10.2. The molecule has 2 rings (SSSR count). The quantitative estimate of drug-likeness (QED) is 0.876. The lowest BCUT2D eigenvalue weighted by Crippen LogP contribution is -2.34. The molecule has 0 spiro atoms. The highest BCUT2D eigenvalue weighted by Crippen LogP contribution is 2.14. The van der Waals surface area contributed by atoms with Gasteiger partial charge < -0.3 is 4.74 Å². The van der Waals surface area contributed by atoms with Gasteiger partial charge >= 0.3 is 6.09 Å². The van der Waals surface area contributed by atoms with Gasteiger partial charge in [-0.3, -0.25) is 10.1 Å². The van der Waals surface area contributed by atoms with Gasteiger partial charge in [0.2, 0.25) is 0 Å². The van der Waals surface area contributed by atoms with Crippen molar-refractivity contribution in [1.29, 1.82) is 0 Å². The molecule has 0 radical (unpaired) electrons. The van der Waals surface area contributed by atoms with E-state index in [0.29, 0.717) is 0 Å². The number of sulfone groups is 1. The van der Waals surface area contributed by atoms with E-state index in [1.165, 1.54) is 18.2 Å². The Balaban J connectivity index is 1.90. The van der Waals surface area contributed by atoms with Gasteiger partial charge in [-0.2, -0.15) is 0 Å². The topological polar surface area (TPSA) is 89.5 Å². The normalized spacial score (nSPS) is 20.4. The maximum Gasteiger partial charge on any atom is 0.414 e. The molecule has 6 nitrogen and oxygen atoms in total. The minimum atomic E-state index is -3.17. The van der Waals surface area contributed by atoms with Crippen molar-refractivity contribution < 1.29 is 27.1 Å². The lowest BCUT2D eigenvalue weighted by Gasteiger charge is -2.10. The number of alkyl carbamates (subject to hydrolysis) is 1. The highest BCUT2D eigenvalue weighted by atomic mass is 32.2. The molecule has 0 aliphatic carbocycles. The van der Waals surface area contributed by atoms with Crippen molar-refractivity contribution in [2.45, 2.75) is 12.5 Å². The molecular weight excluding hydrogens is 289 g/mol. The Morgan fingerprint density at radius 3 is 2.70 bits per heavy atom. The van der Waals surface area contributed by atoms with Gasteiger partial charge in [-0.05, 0) is 24.6 Å². The molecule has 108 valence electrons. The van der Waals surface area contributed by atoms with Crippen molar-refractivity contribution in [1.82, 2.24) is 5.32 Å². The van der Waals surface area contributed by atoms with Crippen LogP contribution in [0.2, 0.25) is 0 Å². The molecule has 1 aliphatic rings.